The van der Waals surface area contributed by atoms with Crippen molar-refractivity contribution >= 4 is 0 Å². The molecule has 0 amide bonds. The smallest absolute Gasteiger partial charge is 0.201 e. The summed E-state index contributed by atoms with van der Waals surface area (Å²) in [5.41, 5.74) is 8.66. The molecule has 142 valence electrons. The Morgan fingerprint density at radius 1 is 0.923 bits per heavy atom. The van der Waals surface area contributed by atoms with Crippen LogP contribution in [0.1, 0.15) is 77.6 Å². The van der Waals surface area contributed by atoms with Gasteiger partial charge in [-0.25, -0.2) is 4.57 Å². The molecule has 0 aliphatic heterocycles. The Labute approximate surface area is 161 Å². The van der Waals surface area contributed by atoms with Gasteiger partial charge in [-0.2, -0.15) is 0 Å². The Bertz CT molecular complexity index is 783. The summed E-state index contributed by atoms with van der Waals surface area (Å²) in [7, 11) is 2.18. The summed E-state index contributed by atoms with van der Waals surface area (Å²) in [5.74, 6) is 0.662. The maximum absolute atomic E-state index is 2.43. The Balaban J connectivity index is 2.64. The van der Waals surface area contributed by atoms with Crippen LogP contribution in [0.4, 0.5) is 0 Å². The summed E-state index contributed by atoms with van der Waals surface area (Å²) in [4.78, 5) is 0. The standard InChI is InChI=1S/C25H38N/c1-17(2)13-19-16-26(10)23(15-22(19)25(7,8)9)21-12-11-20(14-18(21)3)24(4,5)6/h11-12,14-17H,13H2,1-10H3/q+1. The highest BCUT2D eigenvalue weighted by atomic mass is 14.9. The molecule has 0 atom stereocenters. The lowest BCUT2D eigenvalue weighted by Gasteiger charge is -2.24. The zero-order chi connectivity index (χ0) is 19.9. The quantitative estimate of drug-likeness (QED) is 0.572. The number of aryl methyl sites for hydroxylation is 2. The molecule has 1 heterocycles. The molecule has 0 bridgehead atoms. The third-order valence-corrected chi connectivity index (χ3v) is 5.16. The molecule has 0 saturated carbocycles. The molecule has 0 N–H and O–H groups in total. The van der Waals surface area contributed by atoms with Crippen molar-refractivity contribution < 1.29 is 4.57 Å². The van der Waals surface area contributed by atoms with Crippen molar-refractivity contribution in [3.63, 3.8) is 0 Å². The molecule has 0 unspecified atom stereocenters. The zero-order valence-corrected chi connectivity index (χ0v) is 18.6. The average Bonchev–Trinajstić information content (AvgIpc) is 2.45. The van der Waals surface area contributed by atoms with Gasteiger partial charge in [-0.3, -0.25) is 0 Å². The van der Waals surface area contributed by atoms with Crippen molar-refractivity contribution in [3.8, 4) is 11.3 Å². The van der Waals surface area contributed by atoms with E-state index in [1.165, 1.54) is 33.5 Å². The SMILES string of the molecule is Cc1cc(C(C)(C)C)ccc1-c1cc(C(C)(C)C)c(CC(C)C)c[n+]1C. The molecule has 26 heavy (non-hydrogen) atoms. The van der Waals surface area contributed by atoms with Gasteiger partial charge in [0.15, 0.2) is 6.20 Å². The van der Waals surface area contributed by atoms with E-state index >= 15 is 0 Å². The summed E-state index contributed by atoms with van der Waals surface area (Å²) >= 11 is 0. The molecular formula is C25H38N+. The van der Waals surface area contributed by atoms with Gasteiger partial charge in [0.2, 0.25) is 5.69 Å². The highest BCUT2D eigenvalue weighted by molar-refractivity contribution is 5.63. The maximum atomic E-state index is 2.43. The van der Waals surface area contributed by atoms with E-state index in [1.54, 1.807) is 0 Å². The van der Waals surface area contributed by atoms with Crippen LogP contribution in [-0.2, 0) is 24.3 Å². The average molecular weight is 353 g/mol. The number of rotatable bonds is 3. The molecule has 1 nitrogen and oxygen atoms in total. The molecule has 0 aliphatic rings. The van der Waals surface area contributed by atoms with Crippen LogP contribution in [0.15, 0.2) is 30.5 Å². The van der Waals surface area contributed by atoms with E-state index in [9.17, 15) is 0 Å². The fraction of sp³-hybridized carbons (Fsp3) is 0.560. The first kappa shape index (κ1) is 20.7. The summed E-state index contributed by atoms with van der Waals surface area (Å²) < 4.78 is 2.31. The van der Waals surface area contributed by atoms with Gasteiger partial charge in [-0.15, -0.1) is 0 Å². The van der Waals surface area contributed by atoms with Gasteiger partial charge in [0.1, 0.15) is 7.05 Å². The summed E-state index contributed by atoms with van der Waals surface area (Å²) in [6.07, 6.45) is 3.48. The highest BCUT2D eigenvalue weighted by Gasteiger charge is 2.25. The Morgan fingerprint density at radius 3 is 2.00 bits per heavy atom. The van der Waals surface area contributed by atoms with Crippen LogP contribution >= 0.6 is 0 Å². The van der Waals surface area contributed by atoms with Crippen molar-refractivity contribution in [1.29, 1.82) is 0 Å². The van der Waals surface area contributed by atoms with Crippen LogP contribution < -0.4 is 4.57 Å². The van der Waals surface area contributed by atoms with Crippen LogP contribution in [0.5, 0.6) is 0 Å². The molecule has 2 rings (SSSR count). The molecule has 0 saturated heterocycles. The predicted octanol–water partition coefficient (Wildman–Crippen LogP) is 6.28. The molecule has 1 aromatic heterocycles. The van der Waals surface area contributed by atoms with E-state index in [0.717, 1.165) is 6.42 Å². The molecule has 0 aliphatic carbocycles. The number of nitrogens with zero attached hydrogens (tertiary/aromatic N) is 1. The van der Waals surface area contributed by atoms with Crippen LogP contribution in [0.2, 0.25) is 0 Å². The zero-order valence-electron chi connectivity index (χ0n) is 18.6. The highest BCUT2D eigenvalue weighted by Crippen LogP contribution is 2.32. The van der Waals surface area contributed by atoms with Gasteiger partial charge in [-0.1, -0.05) is 67.5 Å². The topological polar surface area (TPSA) is 3.88 Å². The fourth-order valence-corrected chi connectivity index (χ4v) is 3.69. The van der Waals surface area contributed by atoms with Gasteiger partial charge in [-0.05, 0) is 52.8 Å². The first-order chi connectivity index (χ1) is 11.8. The molecule has 1 heteroatoms. The van der Waals surface area contributed by atoms with Crippen molar-refractivity contribution in [2.75, 3.05) is 0 Å². The third-order valence-electron chi connectivity index (χ3n) is 5.16. The number of pyridine rings is 1. The fourth-order valence-electron chi connectivity index (χ4n) is 3.69. The third kappa shape index (κ3) is 4.55. The van der Waals surface area contributed by atoms with E-state index in [4.69, 9.17) is 0 Å². The number of hydrogen-bond donors (Lipinski definition) is 0. The van der Waals surface area contributed by atoms with Crippen LogP contribution in [0, 0.1) is 12.8 Å². The number of hydrogen-bond acceptors (Lipinski definition) is 0. The lowest BCUT2D eigenvalue weighted by Crippen LogP contribution is -2.34. The van der Waals surface area contributed by atoms with E-state index < -0.39 is 0 Å². The lowest BCUT2D eigenvalue weighted by atomic mass is 9.81. The van der Waals surface area contributed by atoms with Crippen LogP contribution in [0.25, 0.3) is 11.3 Å². The minimum absolute atomic E-state index is 0.145. The molecule has 1 aromatic carbocycles. The van der Waals surface area contributed by atoms with Crippen molar-refractivity contribution in [1.82, 2.24) is 0 Å². The first-order valence-electron chi connectivity index (χ1n) is 9.95. The normalized spacial score (nSPS) is 12.7. The van der Waals surface area contributed by atoms with E-state index in [1.807, 2.05) is 0 Å². The van der Waals surface area contributed by atoms with E-state index in [-0.39, 0.29) is 10.8 Å². The van der Waals surface area contributed by atoms with Gasteiger partial charge in [0, 0.05) is 17.2 Å². The minimum atomic E-state index is 0.145. The van der Waals surface area contributed by atoms with E-state index in [2.05, 4.69) is 104 Å². The summed E-state index contributed by atoms with van der Waals surface area (Å²) in [6.45, 7) is 20.6. The minimum Gasteiger partial charge on any atom is -0.201 e. The molecule has 2 aromatic rings. The lowest BCUT2D eigenvalue weighted by molar-refractivity contribution is -0.661. The monoisotopic (exact) mass is 352 g/mol. The second-order valence-corrected chi connectivity index (χ2v) is 10.3. The van der Waals surface area contributed by atoms with Crippen LogP contribution in [-0.4, -0.2) is 0 Å². The second kappa shape index (κ2) is 7.18. The van der Waals surface area contributed by atoms with Gasteiger partial charge < -0.3 is 0 Å². The summed E-state index contributed by atoms with van der Waals surface area (Å²) in [6, 6.07) is 9.38. The van der Waals surface area contributed by atoms with Crippen LogP contribution in [0.3, 0.4) is 0 Å². The largest absolute Gasteiger partial charge is 0.212 e. The van der Waals surface area contributed by atoms with Crippen molar-refractivity contribution in [2.24, 2.45) is 13.0 Å². The first-order valence-corrected chi connectivity index (χ1v) is 9.95. The Hall–Kier alpha value is -1.63. The maximum Gasteiger partial charge on any atom is 0.212 e. The number of aromatic nitrogens is 1. The van der Waals surface area contributed by atoms with Gasteiger partial charge in [0.05, 0.1) is 0 Å². The van der Waals surface area contributed by atoms with E-state index in [0.29, 0.717) is 5.92 Å². The Kier molecular flexibility index (Phi) is 5.71. The van der Waals surface area contributed by atoms with Gasteiger partial charge >= 0.3 is 0 Å². The Morgan fingerprint density at radius 2 is 1.54 bits per heavy atom. The predicted molar refractivity (Wildman–Crippen MR) is 114 cm³/mol. The molecule has 0 spiro atoms. The second-order valence-electron chi connectivity index (χ2n) is 10.3. The molecule has 0 radical (unpaired) electrons. The van der Waals surface area contributed by atoms with Gasteiger partial charge in [0.25, 0.3) is 0 Å². The van der Waals surface area contributed by atoms with Crippen molar-refractivity contribution in [3.05, 3.63) is 52.7 Å². The summed E-state index contributed by atoms with van der Waals surface area (Å²) in [5, 5.41) is 0. The van der Waals surface area contributed by atoms with Crippen molar-refractivity contribution in [2.45, 2.75) is 79.6 Å². The number of benzene rings is 1. The molecular weight excluding hydrogens is 314 g/mol. The molecule has 0 fully saturated rings.